The van der Waals surface area contributed by atoms with Gasteiger partial charge in [0.2, 0.25) is 5.91 Å². The fourth-order valence-electron chi connectivity index (χ4n) is 1.43. The van der Waals surface area contributed by atoms with E-state index in [1.807, 2.05) is 5.32 Å². The predicted molar refractivity (Wildman–Crippen MR) is 53.8 cm³/mol. The Morgan fingerprint density at radius 1 is 1.50 bits per heavy atom. The molecule has 0 radical (unpaired) electrons. The second kappa shape index (κ2) is 4.62. The average Bonchev–Trinajstić information content (AvgIpc) is 2.55. The second-order valence-electron chi connectivity index (χ2n) is 3.88. The largest absolute Gasteiger partial charge is 0.350 e. The third-order valence-electron chi connectivity index (χ3n) is 2.42. The fourth-order valence-corrected chi connectivity index (χ4v) is 3.18. The highest BCUT2D eigenvalue weighted by Gasteiger charge is 2.34. The number of amides is 1. The average molecular weight is 256 g/mol. The normalized spacial score (nSPS) is 24.3. The second-order valence-corrected chi connectivity index (χ2v) is 6.11. The smallest absolute Gasteiger partial charge is 0.277 e. The van der Waals surface area contributed by atoms with Gasteiger partial charge in [-0.25, -0.2) is 17.2 Å². The number of halogens is 2. The minimum absolute atomic E-state index is 0.0572. The van der Waals surface area contributed by atoms with Gasteiger partial charge in [-0.05, 0) is 6.42 Å². The Balaban J connectivity index is 2.43. The first-order chi connectivity index (χ1) is 7.26. The molecule has 1 heterocycles. The lowest BCUT2D eigenvalue weighted by Crippen LogP contribution is -2.43. The molecule has 0 aliphatic carbocycles. The minimum atomic E-state index is -3.17. The molecule has 1 aliphatic heterocycles. The van der Waals surface area contributed by atoms with E-state index in [9.17, 15) is 22.0 Å². The highest BCUT2D eigenvalue weighted by Crippen LogP contribution is 2.18. The lowest BCUT2D eigenvalue weighted by molar-refractivity contribution is -0.126. The Bertz CT molecular complexity index is 369. The molecule has 1 saturated heterocycles. The molecule has 94 valence electrons. The van der Waals surface area contributed by atoms with Crippen LogP contribution < -0.4 is 11.1 Å². The monoisotopic (exact) mass is 256 g/mol. The topological polar surface area (TPSA) is 89.3 Å². The first kappa shape index (κ1) is 13.3. The molecule has 0 aromatic carbocycles. The SMILES string of the molecule is NCC(F)(F)CNC(=O)C1CCS(=O)(=O)C1. The summed E-state index contributed by atoms with van der Waals surface area (Å²) in [6, 6.07) is 0. The van der Waals surface area contributed by atoms with Crippen LogP contribution in [0.1, 0.15) is 6.42 Å². The summed E-state index contributed by atoms with van der Waals surface area (Å²) in [6.07, 6.45) is 0.197. The van der Waals surface area contributed by atoms with Crippen molar-refractivity contribution in [1.82, 2.24) is 5.32 Å². The number of rotatable bonds is 4. The van der Waals surface area contributed by atoms with E-state index in [0.29, 0.717) is 0 Å². The molecule has 0 aromatic rings. The summed E-state index contributed by atoms with van der Waals surface area (Å²) in [4.78, 5) is 11.3. The van der Waals surface area contributed by atoms with Gasteiger partial charge >= 0.3 is 0 Å². The van der Waals surface area contributed by atoms with E-state index in [-0.39, 0.29) is 17.9 Å². The van der Waals surface area contributed by atoms with Gasteiger partial charge in [-0.2, -0.15) is 0 Å². The summed E-state index contributed by atoms with van der Waals surface area (Å²) in [7, 11) is -3.17. The maximum Gasteiger partial charge on any atom is 0.277 e. The highest BCUT2D eigenvalue weighted by atomic mass is 32.2. The third-order valence-corrected chi connectivity index (χ3v) is 4.19. The number of sulfone groups is 1. The zero-order valence-electron chi connectivity index (χ0n) is 8.58. The van der Waals surface area contributed by atoms with Crippen LogP contribution in [0.15, 0.2) is 0 Å². The lowest BCUT2D eigenvalue weighted by atomic mass is 10.1. The molecule has 0 spiro atoms. The van der Waals surface area contributed by atoms with Crippen LogP contribution in [0.3, 0.4) is 0 Å². The van der Waals surface area contributed by atoms with E-state index in [0.717, 1.165) is 0 Å². The molecule has 3 N–H and O–H groups in total. The molecular formula is C8H14F2N2O3S. The van der Waals surface area contributed by atoms with Crippen molar-refractivity contribution in [3.05, 3.63) is 0 Å². The molecule has 5 nitrogen and oxygen atoms in total. The molecule has 1 atom stereocenters. The number of hydrogen-bond acceptors (Lipinski definition) is 4. The molecule has 1 rings (SSSR count). The van der Waals surface area contributed by atoms with E-state index in [2.05, 4.69) is 0 Å². The highest BCUT2D eigenvalue weighted by molar-refractivity contribution is 7.91. The summed E-state index contributed by atoms with van der Waals surface area (Å²) in [6.45, 7) is -1.70. The van der Waals surface area contributed by atoms with E-state index >= 15 is 0 Å². The molecule has 0 aromatic heterocycles. The zero-order valence-corrected chi connectivity index (χ0v) is 9.40. The van der Waals surface area contributed by atoms with Crippen molar-refractivity contribution in [3.63, 3.8) is 0 Å². The quantitative estimate of drug-likeness (QED) is 0.684. The molecular weight excluding hydrogens is 242 g/mol. The predicted octanol–water partition coefficient (Wildman–Crippen LogP) is -0.869. The minimum Gasteiger partial charge on any atom is -0.350 e. The van der Waals surface area contributed by atoms with Crippen molar-refractivity contribution < 1.29 is 22.0 Å². The van der Waals surface area contributed by atoms with E-state index in [1.54, 1.807) is 0 Å². The van der Waals surface area contributed by atoms with Crippen LogP contribution >= 0.6 is 0 Å². The molecule has 1 unspecified atom stereocenters. The Morgan fingerprint density at radius 3 is 2.56 bits per heavy atom. The number of hydrogen-bond donors (Lipinski definition) is 2. The van der Waals surface area contributed by atoms with Crippen LogP contribution in [-0.2, 0) is 14.6 Å². The molecule has 8 heteroatoms. The van der Waals surface area contributed by atoms with Gasteiger partial charge in [0.15, 0.2) is 9.84 Å². The van der Waals surface area contributed by atoms with Crippen molar-refractivity contribution in [3.8, 4) is 0 Å². The summed E-state index contributed by atoms with van der Waals surface area (Å²) in [5.41, 5.74) is 4.79. The molecule has 0 saturated carbocycles. The molecule has 1 amide bonds. The maximum atomic E-state index is 12.7. The Kier molecular flexibility index (Phi) is 3.84. The molecule has 16 heavy (non-hydrogen) atoms. The van der Waals surface area contributed by atoms with Crippen LogP contribution in [-0.4, -0.2) is 44.8 Å². The summed E-state index contributed by atoms with van der Waals surface area (Å²) in [5.74, 6) is -4.81. The van der Waals surface area contributed by atoms with Crippen LogP contribution in [0, 0.1) is 5.92 Å². The number of carbonyl (C=O) groups is 1. The Labute approximate surface area is 92.3 Å². The first-order valence-electron chi connectivity index (χ1n) is 4.82. The fraction of sp³-hybridized carbons (Fsp3) is 0.875. The van der Waals surface area contributed by atoms with Crippen molar-refractivity contribution in [2.75, 3.05) is 24.6 Å². The van der Waals surface area contributed by atoms with Crippen molar-refractivity contribution >= 4 is 15.7 Å². The van der Waals surface area contributed by atoms with Crippen LogP contribution in [0.5, 0.6) is 0 Å². The molecule has 1 fully saturated rings. The van der Waals surface area contributed by atoms with Gasteiger partial charge in [-0.15, -0.1) is 0 Å². The van der Waals surface area contributed by atoms with Crippen LogP contribution in [0.4, 0.5) is 8.78 Å². The van der Waals surface area contributed by atoms with Gasteiger partial charge in [0.05, 0.1) is 30.5 Å². The number of nitrogens with one attached hydrogen (secondary N) is 1. The van der Waals surface area contributed by atoms with Gasteiger partial charge in [-0.1, -0.05) is 0 Å². The number of carbonyl (C=O) groups excluding carboxylic acids is 1. The van der Waals surface area contributed by atoms with Crippen molar-refractivity contribution in [1.29, 1.82) is 0 Å². The zero-order chi connectivity index (χ0) is 12.4. The van der Waals surface area contributed by atoms with E-state index in [4.69, 9.17) is 5.73 Å². The maximum absolute atomic E-state index is 12.7. The van der Waals surface area contributed by atoms with Crippen LogP contribution in [0.25, 0.3) is 0 Å². The van der Waals surface area contributed by atoms with E-state index in [1.165, 1.54) is 0 Å². The molecule has 0 bridgehead atoms. The van der Waals surface area contributed by atoms with Crippen molar-refractivity contribution in [2.45, 2.75) is 12.3 Å². The van der Waals surface area contributed by atoms with E-state index < -0.39 is 40.7 Å². The Morgan fingerprint density at radius 2 is 2.12 bits per heavy atom. The van der Waals surface area contributed by atoms with Gasteiger partial charge in [0, 0.05) is 0 Å². The Hall–Kier alpha value is -0.760. The third kappa shape index (κ3) is 3.67. The van der Waals surface area contributed by atoms with Gasteiger partial charge in [-0.3, -0.25) is 4.79 Å². The van der Waals surface area contributed by atoms with Gasteiger partial charge in [0.25, 0.3) is 5.92 Å². The summed E-state index contributed by atoms with van der Waals surface area (Å²) in [5, 5.41) is 2.02. The standard InChI is InChI=1S/C8H14F2N2O3S/c9-8(10,4-11)5-12-7(13)6-1-2-16(14,15)3-6/h6H,1-5,11H2,(H,12,13). The lowest BCUT2D eigenvalue weighted by Gasteiger charge is -2.16. The van der Waals surface area contributed by atoms with Crippen LogP contribution in [0.2, 0.25) is 0 Å². The summed E-state index contributed by atoms with van der Waals surface area (Å²) >= 11 is 0. The number of nitrogens with two attached hydrogens (primary N) is 1. The van der Waals surface area contributed by atoms with Gasteiger partial charge in [0.1, 0.15) is 0 Å². The van der Waals surface area contributed by atoms with Crippen molar-refractivity contribution in [2.24, 2.45) is 11.7 Å². The first-order valence-corrected chi connectivity index (χ1v) is 6.64. The number of alkyl halides is 2. The molecule has 1 aliphatic rings. The summed E-state index contributed by atoms with van der Waals surface area (Å²) < 4.78 is 47.5. The van der Waals surface area contributed by atoms with Gasteiger partial charge < -0.3 is 11.1 Å².